The van der Waals surface area contributed by atoms with Gasteiger partial charge < -0.3 is 15.5 Å². The maximum atomic E-state index is 11.8. The molecule has 0 spiro atoms. The van der Waals surface area contributed by atoms with E-state index in [2.05, 4.69) is 35.2 Å². The number of carbonyl (C=O) groups is 2. The van der Waals surface area contributed by atoms with E-state index in [-0.39, 0.29) is 11.8 Å². The van der Waals surface area contributed by atoms with Gasteiger partial charge in [-0.05, 0) is 32.4 Å². The average Bonchev–Trinajstić information content (AvgIpc) is 2.33. The summed E-state index contributed by atoms with van der Waals surface area (Å²) in [6.45, 7) is 4.23. The van der Waals surface area contributed by atoms with Gasteiger partial charge in [-0.3, -0.25) is 9.59 Å². The first kappa shape index (κ1) is 15.3. The van der Waals surface area contributed by atoms with E-state index in [9.17, 15) is 9.59 Å². The number of nitrogens with one attached hydrogen (secondary N) is 2. The molecule has 104 valence electrons. The van der Waals surface area contributed by atoms with Gasteiger partial charge in [0.25, 0.3) is 0 Å². The second kappa shape index (κ2) is 7.63. The number of hydrogen-bond donors (Lipinski definition) is 3. The van der Waals surface area contributed by atoms with E-state index in [4.69, 9.17) is 0 Å². The third-order valence-corrected chi connectivity index (χ3v) is 3.53. The number of nitrogens with zero attached hydrogens (tertiary/aromatic N) is 1. The normalized spacial score (nSPS) is 22.3. The van der Waals surface area contributed by atoms with Crippen LogP contribution in [0.4, 0.5) is 0 Å². The lowest BCUT2D eigenvalue weighted by molar-refractivity contribution is -0.127. The van der Waals surface area contributed by atoms with Crippen molar-refractivity contribution in [3.05, 3.63) is 0 Å². The molecule has 1 aliphatic rings. The highest BCUT2D eigenvalue weighted by molar-refractivity contribution is 7.80. The van der Waals surface area contributed by atoms with Crippen LogP contribution >= 0.6 is 12.6 Å². The molecule has 1 rings (SSSR count). The Morgan fingerprint density at radius 3 is 2.78 bits per heavy atom. The molecular weight excluding hydrogens is 250 g/mol. The molecular formula is C12H23N3O2S. The van der Waals surface area contributed by atoms with Crippen LogP contribution in [0.1, 0.15) is 19.8 Å². The minimum Gasteiger partial charge on any atom is -0.354 e. The number of piperidine rings is 1. The summed E-state index contributed by atoms with van der Waals surface area (Å²) in [5, 5.41) is 5.49. The van der Waals surface area contributed by atoms with Crippen molar-refractivity contribution in [2.24, 2.45) is 5.92 Å². The molecule has 5 nitrogen and oxygen atoms in total. The van der Waals surface area contributed by atoms with Crippen LogP contribution in [0.15, 0.2) is 0 Å². The van der Waals surface area contributed by atoms with Crippen LogP contribution in [0.5, 0.6) is 0 Å². The standard InChI is InChI=1S/C12H23N3O2S/c1-9(16)14-11(8-18)12(17)13-6-10-4-3-5-15(2)7-10/h10-11,18H,3-8H2,1-2H3,(H,13,17)(H,14,16). The van der Waals surface area contributed by atoms with Crippen molar-refractivity contribution in [3.8, 4) is 0 Å². The van der Waals surface area contributed by atoms with E-state index >= 15 is 0 Å². The topological polar surface area (TPSA) is 61.4 Å². The quantitative estimate of drug-likeness (QED) is 0.612. The van der Waals surface area contributed by atoms with Gasteiger partial charge in [0.15, 0.2) is 0 Å². The SMILES string of the molecule is CC(=O)NC(CS)C(=O)NCC1CCCN(C)C1. The lowest BCUT2D eigenvalue weighted by Gasteiger charge is -2.30. The van der Waals surface area contributed by atoms with Crippen molar-refractivity contribution in [1.82, 2.24) is 15.5 Å². The van der Waals surface area contributed by atoms with Gasteiger partial charge in [-0.2, -0.15) is 12.6 Å². The van der Waals surface area contributed by atoms with E-state index in [1.54, 1.807) is 0 Å². The molecule has 1 aliphatic heterocycles. The molecule has 1 heterocycles. The van der Waals surface area contributed by atoms with Gasteiger partial charge in [0.2, 0.25) is 11.8 Å². The van der Waals surface area contributed by atoms with Crippen molar-refractivity contribution in [3.63, 3.8) is 0 Å². The van der Waals surface area contributed by atoms with Gasteiger partial charge in [0, 0.05) is 25.8 Å². The molecule has 2 atom stereocenters. The first-order chi connectivity index (χ1) is 8.52. The Morgan fingerprint density at radius 1 is 1.50 bits per heavy atom. The minimum atomic E-state index is -0.535. The molecule has 1 saturated heterocycles. The zero-order valence-electron chi connectivity index (χ0n) is 11.1. The lowest BCUT2D eigenvalue weighted by Crippen LogP contribution is -2.49. The lowest BCUT2D eigenvalue weighted by atomic mass is 9.98. The monoisotopic (exact) mass is 273 g/mol. The van der Waals surface area contributed by atoms with Crippen molar-refractivity contribution in [2.45, 2.75) is 25.8 Å². The second-order valence-electron chi connectivity index (χ2n) is 4.95. The summed E-state index contributed by atoms with van der Waals surface area (Å²) in [5.74, 6) is 0.469. The Morgan fingerprint density at radius 2 is 2.22 bits per heavy atom. The Balaban J connectivity index is 2.32. The Kier molecular flexibility index (Phi) is 6.49. The smallest absolute Gasteiger partial charge is 0.243 e. The molecule has 0 bridgehead atoms. The minimum absolute atomic E-state index is 0.145. The zero-order chi connectivity index (χ0) is 13.5. The molecule has 2 amide bonds. The molecule has 0 aromatic rings. The Labute approximate surface area is 114 Å². The van der Waals surface area contributed by atoms with Crippen LogP contribution in [0.25, 0.3) is 0 Å². The molecule has 2 N–H and O–H groups in total. The van der Waals surface area contributed by atoms with Crippen LogP contribution in [0, 0.1) is 5.92 Å². The molecule has 2 unspecified atom stereocenters. The van der Waals surface area contributed by atoms with Crippen molar-refractivity contribution < 1.29 is 9.59 Å². The highest BCUT2D eigenvalue weighted by atomic mass is 32.1. The molecule has 6 heteroatoms. The van der Waals surface area contributed by atoms with Crippen molar-refractivity contribution in [1.29, 1.82) is 0 Å². The highest BCUT2D eigenvalue weighted by Crippen LogP contribution is 2.13. The Hall–Kier alpha value is -0.750. The zero-order valence-corrected chi connectivity index (χ0v) is 12.0. The second-order valence-corrected chi connectivity index (χ2v) is 5.32. The largest absolute Gasteiger partial charge is 0.354 e. The van der Waals surface area contributed by atoms with Crippen molar-refractivity contribution in [2.75, 3.05) is 32.4 Å². The summed E-state index contributed by atoms with van der Waals surface area (Å²) in [6.07, 6.45) is 2.33. The van der Waals surface area contributed by atoms with Gasteiger partial charge in [-0.1, -0.05) is 0 Å². The third-order valence-electron chi connectivity index (χ3n) is 3.16. The average molecular weight is 273 g/mol. The fraction of sp³-hybridized carbons (Fsp3) is 0.833. The first-order valence-corrected chi connectivity index (χ1v) is 7.00. The molecule has 18 heavy (non-hydrogen) atoms. The predicted octanol–water partition coefficient (Wildman–Crippen LogP) is -0.121. The molecule has 0 aliphatic carbocycles. The molecule has 1 fully saturated rings. The number of amides is 2. The Bertz CT molecular complexity index is 299. The van der Waals surface area contributed by atoms with Gasteiger partial charge in [-0.15, -0.1) is 0 Å². The summed E-state index contributed by atoms with van der Waals surface area (Å²) in [6, 6.07) is -0.535. The van der Waals surface area contributed by atoms with Crippen LogP contribution in [-0.4, -0.2) is 55.2 Å². The van der Waals surface area contributed by atoms with Gasteiger partial charge in [0.1, 0.15) is 6.04 Å². The van der Waals surface area contributed by atoms with Gasteiger partial charge in [-0.25, -0.2) is 0 Å². The maximum Gasteiger partial charge on any atom is 0.243 e. The van der Waals surface area contributed by atoms with Crippen molar-refractivity contribution >= 4 is 24.4 Å². The van der Waals surface area contributed by atoms with Gasteiger partial charge in [0.05, 0.1) is 0 Å². The molecule has 0 radical (unpaired) electrons. The van der Waals surface area contributed by atoms with E-state index in [0.29, 0.717) is 18.2 Å². The number of carbonyl (C=O) groups excluding carboxylic acids is 2. The number of hydrogen-bond acceptors (Lipinski definition) is 4. The van der Waals surface area contributed by atoms with E-state index in [1.165, 1.54) is 13.3 Å². The number of likely N-dealkylation sites (tertiary alicyclic amines) is 1. The summed E-state index contributed by atoms with van der Waals surface area (Å²) in [4.78, 5) is 25.1. The first-order valence-electron chi connectivity index (χ1n) is 6.37. The molecule has 0 aromatic heterocycles. The van der Waals surface area contributed by atoms with Crippen LogP contribution < -0.4 is 10.6 Å². The summed E-state index contributed by atoms with van der Waals surface area (Å²) >= 11 is 4.08. The van der Waals surface area contributed by atoms with Gasteiger partial charge >= 0.3 is 0 Å². The predicted molar refractivity (Wildman–Crippen MR) is 74.7 cm³/mol. The number of rotatable bonds is 5. The molecule has 0 saturated carbocycles. The fourth-order valence-corrected chi connectivity index (χ4v) is 2.50. The summed E-state index contributed by atoms with van der Waals surface area (Å²) in [5.41, 5.74) is 0. The van der Waals surface area contributed by atoms with E-state index in [0.717, 1.165) is 19.5 Å². The summed E-state index contributed by atoms with van der Waals surface area (Å²) < 4.78 is 0. The third kappa shape index (κ3) is 5.27. The fourth-order valence-electron chi connectivity index (χ4n) is 2.25. The van der Waals surface area contributed by atoms with E-state index in [1.807, 2.05) is 0 Å². The van der Waals surface area contributed by atoms with E-state index < -0.39 is 6.04 Å². The number of thiol groups is 1. The summed E-state index contributed by atoms with van der Waals surface area (Å²) in [7, 11) is 2.10. The van der Waals surface area contributed by atoms with Crippen LogP contribution in [0.3, 0.4) is 0 Å². The highest BCUT2D eigenvalue weighted by Gasteiger charge is 2.21. The maximum absolute atomic E-state index is 11.8. The van der Waals surface area contributed by atoms with Crippen LogP contribution in [-0.2, 0) is 9.59 Å². The van der Waals surface area contributed by atoms with Crippen LogP contribution in [0.2, 0.25) is 0 Å². The molecule has 0 aromatic carbocycles.